The van der Waals surface area contributed by atoms with E-state index in [1.165, 1.54) is 11.1 Å². The van der Waals surface area contributed by atoms with Crippen LogP contribution in [0.3, 0.4) is 0 Å². The summed E-state index contributed by atoms with van der Waals surface area (Å²) < 4.78 is 5.10. The summed E-state index contributed by atoms with van der Waals surface area (Å²) in [5.74, 6) is 0. The summed E-state index contributed by atoms with van der Waals surface area (Å²) >= 11 is 0. The Morgan fingerprint density at radius 2 is 1.57 bits per heavy atom. The van der Waals surface area contributed by atoms with Crippen LogP contribution in [0.25, 0.3) is 0 Å². The van der Waals surface area contributed by atoms with E-state index in [0.29, 0.717) is 6.04 Å². The quantitative estimate of drug-likeness (QED) is 0.703. The Balaban J connectivity index is 1.94. The number of ether oxygens (including phenoxy) is 1. The van der Waals surface area contributed by atoms with Crippen molar-refractivity contribution in [3.63, 3.8) is 0 Å². The Morgan fingerprint density at radius 3 is 2.24 bits per heavy atom. The summed E-state index contributed by atoms with van der Waals surface area (Å²) in [6, 6.07) is 21.7. The molecule has 0 heterocycles. The maximum Gasteiger partial charge on any atom is 0.0462 e. The maximum atomic E-state index is 5.10. The molecule has 0 bridgehead atoms. The molecule has 0 saturated carbocycles. The summed E-state index contributed by atoms with van der Waals surface area (Å²) in [5, 5.41) is 3.69. The van der Waals surface area contributed by atoms with Crippen molar-refractivity contribution in [2.24, 2.45) is 0 Å². The minimum atomic E-state index is 0.371. The van der Waals surface area contributed by atoms with E-state index in [-0.39, 0.29) is 0 Å². The molecule has 2 aromatic carbocycles. The molecule has 21 heavy (non-hydrogen) atoms. The van der Waals surface area contributed by atoms with Gasteiger partial charge in [-0.1, -0.05) is 60.7 Å². The molecular weight excluding hydrogens is 258 g/mol. The Morgan fingerprint density at radius 1 is 0.905 bits per heavy atom. The molecule has 0 spiro atoms. The summed E-state index contributed by atoms with van der Waals surface area (Å²) in [6.45, 7) is 1.87. The van der Waals surface area contributed by atoms with Gasteiger partial charge in [-0.3, -0.25) is 0 Å². The van der Waals surface area contributed by atoms with E-state index in [0.717, 1.165) is 32.4 Å². The van der Waals surface area contributed by atoms with Crippen LogP contribution in [0.2, 0.25) is 0 Å². The Bertz CT molecular complexity index is 483. The smallest absolute Gasteiger partial charge is 0.0462 e. The maximum absolute atomic E-state index is 5.10. The van der Waals surface area contributed by atoms with Crippen molar-refractivity contribution in [2.45, 2.75) is 25.3 Å². The van der Waals surface area contributed by atoms with E-state index in [2.05, 4.69) is 66.0 Å². The van der Waals surface area contributed by atoms with Gasteiger partial charge in [0, 0.05) is 19.8 Å². The average Bonchev–Trinajstić information content (AvgIpc) is 2.55. The molecule has 0 aromatic heterocycles. The number of hydrogen-bond donors (Lipinski definition) is 1. The highest BCUT2D eigenvalue weighted by Crippen LogP contribution is 2.18. The largest absolute Gasteiger partial charge is 0.385 e. The zero-order chi connectivity index (χ0) is 14.8. The van der Waals surface area contributed by atoms with E-state index in [4.69, 9.17) is 4.74 Å². The fourth-order valence-corrected chi connectivity index (χ4v) is 2.49. The molecule has 112 valence electrons. The van der Waals surface area contributed by atoms with E-state index >= 15 is 0 Å². The molecule has 0 radical (unpaired) electrons. The van der Waals surface area contributed by atoms with Crippen LogP contribution >= 0.6 is 0 Å². The second-order valence-electron chi connectivity index (χ2n) is 5.31. The SMILES string of the molecule is COCCCCNC(Cc1ccccc1)c1ccccc1. The summed E-state index contributed by atoms with van der Waals surface area (Å²) in [6.07, 6.45) is 3.28. The van der Waals surface area contributed by atoms with Gasteiger partial charge in [-0.15, -0.1) is 0 Å². The highest BCUT2D eigenvalue weighted by molar-refractivity contribution is 5.23. The summed E-state index contributed by atoms with van der Waals surface area (Å²) in [5.41, 5.74) is 2.73. The third-order valence-electron chi connectivity index (χ3n) is 3.65. The molecule has 0 aliphatic heterocycles. The fraction of sp³-hybridized carbons (Fsp3) is 0.368. The Labute approximate surface area is 128 Å². The molecule has 1 N–H and O–H groups in total. The molecule has 0 saturated heterocycles. The van der Waals surface area contributed by atoms with Crippen molar-refractivity contribution < 1.29 is 4.74 Å². The number of unbranched alkanes of at least 4 members (excludes halogenated alkanes) is 1. The standard InChI is InChI=1S/C19H25NO/c1-21-15-9-8-14-20-19(18-12-6-3-7-13-18)16-17-10-4-2-5-11-17/h2-7,10-13,19-20H,8-9,14-16H2,1H3. The van der Waals surface area contributed by atoms with Crippen molar-refractivity contribution >= 4 is 0 Å². The van der Waals surface area contributed by atoms with Gasteiger partial charge in [0.05, 0.1) is 0 Å². The molecule has 0 aliphatic carbocycles. The van der Waals surface area contributed by atoms with Crippen molar-refractivity contribution in [1.29, 1.82) is 0 Å². The molecular formula is C19H25NO. The first-order valence-electron chi connectivity index (χ1n) is 7.71. The van der Waals surface area contributed by atoms with Crippen LogP contribution in [0.4, 0.5) is 0 Å². The van der Waals surface area contributed by atoms with Crippen LogP contribution in [0.15, 0.2) is 60.7 Å². The second-order valence-corrected chi connectivity index (χ2v) is 5.31. The number of methoxy groups -OCH3 is 1. The van der Waals surface area contributed by atoms with Gasteiger partial charge in [-0.05, 0) is 36.9 Å². The third-order valence-corrected chi connectivity index (χ3v) is 3.65. The van der Waals surface area contributed by atoms with Crippen LogP contribution in [-0.2, 0) is 11.2 Å². The molecule has 1 atom stereocenters. The first-order valence-corrected chi connectivity index (χ1v) is 7.71. The molecule has 1 unspecified atom stereocenters. The topological polar surface area (TPSA) is 21.3 Å². The fourth-order valence-electron chi connectivity index (χ4n) is 2.49. The van der Waals surface area contributed by atoms with Gasteiger partial charge in [0.2, 0.25) is 0 Å². The molecule has 0 aliphatic rings. The average molecular weight is 283 g/mol. The number of nitrogens with one attached hydrogen (secondary N) is 1. The second kappa shape index (κ2) is 9.32. The van der Waals surface area contributed by atoms with E-state index in [1.54, 1.807) is 7.11 Å². The van der Waals surface area contributed by atoms with Crippen molar-refractivity contribution in [1.82, 2.24) is 5.32 Å². The van der Waals surface area contributed by atoms with Crippen LogP contribution < -0.4 is 5.32 Å². The molecule has 0 amide bonds. The van der Waals surface area contributed by atoms with E-state index in [9.17, 15) is 0 Å². The van der Waals surface area contributed by atoms with Gasteiger partial charge in [0.1, 0.15) is 0 Å². The van der Waals surface area contributed by atoms with Gasteiger partial charge < -0.3 is 10.1 Å². The predicted molar refractivity (Wildman–Crippen MR) is 88.4 cm³/mol. The first-order chi connectivity index (χ1) is 10.4. The minimum Gasteiger partial charge on any atom is -0.385 e. The van der Waals surface area contributed by atoms with E-state index < -0.39 is 0 Å². The van der Waals surface area contributed by atoms with Crippen LogP contribution in [0.5, 0.6) is 0 Å². The zero-order valence-corrected chi connectivity index (χ0v) is 12.8. The Hall–Kier alpha value is -1.64. The molecule has 2 aromatic rings. The summed E-state index contributed by atoms with van der Waals surface area (Å²) in [4.78, 5) is 0. The van der Waals surface area contributed by atoms with Gasteiger partial charge in [-0.25, -0.2) is 0 Å². The van der Waals surface area contributed by atoms with Crippen LogP contribution in [0.1, 0.15) is 30.0 Å². The summed E-state index contributed by atoms with van der Waals surface area (Å²) in [7, 11) is 1.76. The van der Waals surface area contributed by atoms with Gasteiger partial charge in [-0.2, -0.15) is 0 Å². The lowest BCUT2D eigenvalue weighted by atomic mass is 9.99. The minimum absolute atomic E-state index is 0.371. The monoisotopic (exact) mass is 283 g/mol. The van der Waals surface area contributed by atoms with E-state index in [1.807, 2.05) is 0 Å². The highest BCUT2D eigenvalue weighted by atomic mass is 16.5. The molecule has 2 nitrogen and oxygen atoms in total. The molecule has 2 heteroatoms. The predicted octanol–water partition coefficient (Wildman–Crippen LogP) is 3.99. The normalized spacial score (nSPS) is 12.2. The van der Waals surface area contributed by atoms with Crippen molar-refractivity contribution in [3.05, 3.63) is 71.8 Å². The lowest BCUT2D eigenvalue weighted by Gasteiger charge is -2.19. The van der Waals surface area contributed by atoms with Gasteiger partial charge in [0.25, 0.3) is 0 Å². The van der Waals surface area contributed by atoms with Crippen molar-refractivity contribution in [2.75, 3.05) is 20.3 Å². The van der Waals surface area contributed by atoms with Crippen LogP contribution in [0, 0.1) is 0 Å². The number of benzene rings is 2. The van der Waals surface area contributed by atoms with Crippen LogP contribution in [-0.4, -0.2) is 20.3 Å². The van der Waals surface area contributed by atoms with Crippen molar-refractivity contribution in [3.8, 4) is 0 Å². The highest BCUT2D eigenvalue weighted by Gasteiger charge is 2.11. The zero-order valence-electron chi connectivity index (χ0n) is 12.8. The third kappa shape index (κ3) is 5.70. The van der Waals surface area contributed by atoms with Gasteiger partial charge >= 0.3 is 0 Å². The lowest BCUT2D eigenvalue weighted by molar-refractivity contribution is 0.192. The first kappa shape index (κ1) is 15.7. The Kier molecular flexibility index (Phi) is 6.99. The number of hydrogen-bond acceptors (Lipinski definition) is 2. The molecule has 0 fully saturated rings. The van der Waals surface area contributed by atoms with Gasteiger partial charge in [0.15, 0.2) is 0 Å². The molecule has 2 rings (SSSR count). The number of rotatable bonds is 9. The lowest BCUT2D eigenvalue weighted by Crippen LogP contribution is -2.24.